The van der Waals surface area contributed by atoms with Crippen molar-refractivity contribution in [3.63, 3.8) is 0 Å². The number of nitrogens with zero attached hydrogens (tertiary/aromatic N) is 3. The van der Waals surface area contributed by atoms with Crippen molar-refractivity contribution in [2.75, 3.05) is 5.32 Å². The molecular weight excluding hydrogens is 470 g/mol. The van der Waals surface area contributed by atoms with Gasteiger partial charge in [0.2, 0.25) is 17.7 Å². The number of anilines is 1. The minimum absolute atomic E-state index is 0.0279. The van der Waals surface area contributed by atoms with Gasteiger partial charge in [-0.2, -0.15) is 0 Å². The molecule has 3 heterocycles. The summed E-state index contributed by atoms with van der Waals surface area (Å²) in [5.41, 5.74) is 6.32. The second-order valence-corrected chi connectivity index (χ2v) is 11.4. The number of amides is 2. The first-order valence-electron chi connectivity index (χ1n) is 11.3. The number of thiazole rings is 1. The molecule has 0 saturated heterocycles. The lowest BCUT2D eigenvalue weighted by Gasteiger charge is -2.12. The molecule has 1 atom stereocenters. The Morgan fingerprint density at radius 3 is 2.59 bits per heavy atom. The molecule has 0 bridgehead atoms. The summed E-state index contributed by atoms with van der Waals surface area (Å²) in [7, 11) is 0. The van der Waals surface area contributed by atoms with Crippen LogP contribution < -0.4 is 11.1 Å². The first-order chi connectivity index (χ1) is 16.2. The van der Waals surface area contributed by atoms with Gasteiger partial charge in [0.1, 0.15) is 10.8 Å². The van der Waals surface area contributed by atoms with Crippen LogP contribution in [0.25, 0.3) is 0 Å². The average molecular weight is 502 g/mol. The maximum atomic E-state index is 12.0. The average Bonchev–Trinajstić information content (AvgIpc) is 3.45. The summed E-state index contributed by atoms with van der Waals surface area (Å²) in [4.78, 5) is 36.8. The quantitative estimate of drug-likeness (QED) is 0.256. The third kappa shape index (κ3) is 7.95. The normalized spacial score (nSPS) is 12.4. The number of carbonyl (C=O) groups is 2. The second kappa shape index (κ2) is 12.1. The third-order valence-corrected chi connectivity index (χ3v) is 7.43. The zero-order valence-corrected chi connectivity index (χ0v) is 21.4. The fourth-order valence-corrected chi connectivity index (χ4v) is 5.20. The molecule has 8 nitrogen and oxygen atoms in total. The van der Waals surface area contributed by atoms with Crippen LogP contribution in [-0.4, -0.2) is 26.8 Å². The van der Waals surface area contributed by atoms with E-state index in [1.807, 2.05) is 0 Å². The fourth-order valence-electron chi connectivity index (χ4n) is 3.21. The number of aromatic nitrogens is 3. The molecule has 10 heteroatoms. The zero-order chi connectivity index (χ0) is 24.6. The van der Waals surface area contributed by atoms with E-state index >= 15 is 0 Å². The smallest absolute Gasteiger partial charge is 0.227 e. The Kier molecular flexibility index (Phi) is 9.23. The van der Waals surface area contributed by atoms with E-state index in [0.717, 1.165) is 39.9 Å². The molecule has 34 heavy (non-hydrogen) atoms. The largest absolute Gasteiger partial charge is 0.444 e. The minimum atomic E-state index is -0.417. The Labute approximate surface area is 208 Å². The molecule has 0 aliphatic heterocycles. The molecular formula is C24H31N5O3S2. The lowest BCUT2D eigenvalue weighted by Crippen LogP contribution is -2.21. The maximum Gasteiger partial charge on any atom is 0.227 e. The Morgan fingerprint density at radius 2 is 1.91 bits per heavy atom. The lowest BCUT2D eigenvalue weighted by atomic mass is 9.94. The second-order valence-electron chi connectivity index (χ2n) is 9.01. The highest BCUT2D eigenvalue weighted by Gasteiger charge is 2.22. The van der Waals surface area contributed by atoms with Crippen molar-refractivity contribution < 1.29 is 14.0 Å². The van der Waals surface area contributed by atoms with Gasteiger partial charge in [0, 0.05) is 29.9 Å². The highest BCUT2D eigenvalue weighted by Crippen LogP contribution is 2.34. The number of pyridine rings is 1. The van der Waals surface area contributed by atoms with E-state index in [-0.39, 0.29) is 17.2 Å². The van der Waals surface area contributed by atoms with Gasteiger partial charge in [-0.25, -0.2) is 9.97 Å². The molecule has 0 aliphatic rings. The first-order valence-corrected chi connectivity index (χ1v) is 13.1. The number of oxazole rings is 1. The van der Waals surface area contributed by atoms with Crippen LogP contribution in [0, 0.1) is 0 Å². The van der Waals surface area contributed by atoms with Crippen LogP contribution in [0.4, 0.5) is 5.69 Å². The molecule has 3 aromatic heterocycles. The molecule has 0 aromatic carbocycles. The molecule has 0 aliphatic carbocycles. The summed E-state index contributed by atoms with van der Waals surface area (Å²) < 4.78 is 6.83. The van der Waals surface area contributed by atoms with Crippen LogP contribution in [0.5, 0.6) is 0 Å². The number of hydrogen-bond acceptors (Lipinski definition) is 8. The van der Waals surface area contributed by atoms with Crippen LogP contribution in [0.1, 0.15) is 75.5 Å². The van der Waals surface area contributed by atoms with E-state index in [9.17, 15) is 9.59 Å². The number of rotatable bonds is 12. The van der Waals surface area contributed by atoms with Gasteiger partial charge >= 0.3 is 0 Å². The zero-order valence-electron chi connectivity index (χ0n) is 19.7. The molecule has 182 valence electrons. The summed E-state index contributed by atoms with van der Waals surface area (Å²) in [5, 5.41) is 3.58. The van der Waals surface area contributed by atoms with Gasteiger partial charge < -0.3 is 15.5 Å². The Balaban J connectivity index is 1.42. The van der Waals surface area contributed by atoms with Crippen LogP contribution in [0.3, 0.4) is 0 Å². The topological polar surface area (TPSA) is 124 Å². The molecule has 1 unspecified atom stereocenters. The van der Waals surface area contributed by atoms with Crippen molar-refractivity contribution in [1.29, 1.82) is 0 Å². The van der Waals surface area contributed by atoms with Gasteiger partial charge in [0.15, 0.2) is 0 Å². The molecule has 0 spiro atoms. The van der Waals surface area contributed by atoms with Gasteiger partial charge in [-0.15, -0.1) is 23.1 Å². The minimum Gasteiger partial charge on any atom is -0.444 e. The summed E-state index contributed by atoms with van der Waals surface area (Å²) in [6.07, 6.45) is 10.3. The molecule has 3 rings (SSSR count). The van der Waals surface area contributed by atoms with Crippen LogP contribution >= 0.6 is 23.1 Å². The monoisotopic (exact) mass is 501 g/mol. The Hall–Kier alpha value is -2.72. The molecule has 0 radical (unpaired) electrons. The van der Waals surface area contributed by atoms with E-state index in [4.69, 9.17) is 10.2 Å². The van der Waals surface area contributed by atoms with Crippen molar-refractivity contribution in [1.82, 2.24) is 15.0 Å². The van der Waals surface area contributed by atoms with E-state index < -0.39 is 5.92 Å². The number of hydrogen-bond donors (Lipinski definition) is 2. The van der Waals surface area contributed by atoms with Crippen LogP contribution in [0.2, 0.25) is 0 Å². The number of thioether (sulfide) groups is 1. The summed E-state index contributed by atoms with van der Waals surface area (Å²) >= 11 is 3.07. The highest BCUT2D eigenvalue weighted by molar-refractivity contribution is 8.00. The maximum absolute atomic E-state index is 12.0. The van der Waals surface area contributed by atoms with Crippen molar-refractivity contribution in [3.8, 4) is 0 Å². The number of primary amides is 1. The summed E-state index contributed by atoms with van der Waals surface area (Å²) in [6.45, 7) is 6.25. The van der Waals surface area contributed by atoms with E-state index in [1.165, 1.54) is 11.3 Å². The third-order valence-electron chi connectivity index (χ3n) is 5.14. The standard InChI is InChI=1S/C24H31N5O3S2/c1-24(2,3)18-13-27-20(32-18)15-33-21-14-28-23(34-21)17(22(25)31)7-5-4-6-8-19(30)29-16-9-11-26-12-10-16/h9-14,17H,4-8,15H2,1-3H3,(H2,25,31)(H,26,29,30). The number of nitrogens with one attached hydrogen (secondary N) is 1. The molecule has 3 aromatic rings. The van der Waals surface area contributed by atoms with Gasteiger partial charge in [-0.3, -0.25) is 14.6 Å². The molecule has 0 fully saturated rings. The van der Waals surface area contributed by atoms with E-state index in [1.54, 1.807) is 48.7 Å². The lowest BCUT2D eigenvalue weighted by molar-refractivity contribution is -0.119. The van der Waals surface area contributed by atoms with Crippen LogP contribution in [-0.2, 0) is 20.8 Å². The molecule has 2 amide bonds. The van der Waals surface area contributed by atoms with Gasteiger partial charge in [-0.1, -0.05) is 33.6 Å². The Morgan fingerprint density at radius 1 is 1.15 bits per heavy atom. The van der Waals surface area contributed by atoms with Gasteiger partial charge in [-0.05, 0) is 25.0 Å². The fraction of sp³-hybridized carbons (Fsp3) is 0.458. The highest BCUT2D eigenvalue weighted by atomic mass is 32.2. The predicted molar refractivity (Wildman–Crippen MR) is 135 cm³/mol. The molecule has 3 N–H and O–H groups in total. The number of unbranched alkanes of at least 4 members (excludes halogenated alkanes) is 2. The van der Waals surface area contributed by atoms with Crippen molar-refractivity contribution in [2.45, 2.75) is 74.2 Å². The van der Waals surface area contributed by atoms with Gasteiger partial charge in [0.25, 0.3) is 0 Å². The van der Waals surface area contributed by atoms with Crippen LogP contribution in [0.15, 0.2) is 45.5 Å². The summed E-state index contributed by atoms with van der Waals surface area (Å²) in [5.74, 6) is 1.31. The van der Waals surface area contributed by atoms with Gasteiger partial charge in [0.05, 0.1) is 28.3 Å². The SMILES string of the molecule is CC(C)(C)c1cnc(CSc2cnc(C(CCCCCC(=O)Nc3ccncc3)C(N)=O)s2)o1. The van der Waals surface area contributed by atoms with E-state index in [0.29, 0.717) is 24.5 Å². The summed E-state index contributed by atoms with van der Waals surface area (Å²) in [6, 6.07) is 3.51. The van der Waals surface area contributed by atoms with Crippen molar-refractivity contribution in [3.05, 3.63) is 53.6 Å². The first kappa shape index (κ1) is 25.9. The number of carbonyl (C=O) groups excluding carboxylic acids is 2. The van der Waals surface area contributed by atoms with Crippen molar-refractivity contribution in [2.24, 2.45) is 5.73 Å². The van der Waals surface area contributed by atoms with E-state index in [2.05, 4.69) is 41.0 Å². The Bertz CT molecular complexity index is 1080. The predicted octanol–water partition coefficient (Wildman–Crippen LogP) is 5.27. The number of nitrogens with two attached hydrogens (primary N) is 1. The molecule has 0 saturated carbocycles. The van der Waals surface area contributed by atoms with Crippen molar-refractivity contribution >= 4 is 40.6 Å².